The van der Waals surface area contributed by atoms with Crippen LogP contribution >= 0.6 is 0 Å². The average molecular weight is 540 g/mol. The highest BCUT2D eigenvalue weighted by Gasteiger charge is 2.37. The molecular weight excluding hydrogens is 494 g/mol. The molecule has 0 radical (unpaired) electrons. The Bertz CT molecular complexity index is 1160. The highest BCUT2D eigenvalue weighted by atomic mass is 16.6. The Kier molecular flexibility index (Phi) is 9.23. The van der Waals surface area contributed by atoms with E-state index in [1.54, 1.807) is 20.8 Å². The lowest BCUT2D eigenvalue weighted by Crippen LogP contribution is -2.52. The van der Waals surface area contributed by atoms with Crippen molar-refractivity contribution in [2.45, 2.75) is 116 Å². The van der Waals surface area contributed by atoms with Gasteiger partial charge in [0, 0.05) is 29.6 Å². The first-order chi connectivity index (χ1) is 18.5. The maximum atomic E-state index is 14.1. The molecule has 1 fully saturated rings. The highest BCUT2D eigenvalue weighted by Crippen LogP contribution is 2.38. The molecule has 1 aliphatic carbocycles. The summed E-state index contributed by atoms with van der Waals surface area (Å²) < 4.78 is 11.2. The highest BCUT2D eigenvalue weighted by molar-refractivity contribution is 5.89. The van der Waals surface area contributed by atoms with Gasteiger partial charge >= 0.3 is 12.1 Å². The second-order valence-electron chi connectivity index (χ2n) is 12.5. The smallest absolute Gasteiger partial charge is 0.408 e. The number of H-pyrrole nitrogens is 1. The number of nitrogens with one attached hydrogen (secondary N) is 2. The summed E-state index contributed by atoms with van der Waals surface area (Å²) in [5.41, 5.74) is 2.69. The van der Waals surface area contributed by atoms with Gasteiger partial charge in [0.1, 0.15) is 17.7 Å². The van der Waals surface area contributed by atoms with Gasteiger partial charge in [0.05, 0.1) is 6.04 Å². The minimum atomic E-state index is -0.889. The van der Waals surface area contributed by atoms with E-state index in [1.807, 2.05) is 17.0 Å². The van der Waals surface area contributed by atoms with Crippen LogP contribution in [-0.4, -0.2) is 52.1 Å². The van der Waals surface area contributed by atoms with Gasteiger partial charge in [-0.25, -0.2) is 4.79 Å². The number of fused-ring (bicyclic) bond motifs is 3. The van der Waals surface area contributed by atoms with Gasteiger partial charge in [-0.1, -0.05) is 38.5 Å². The van der Waals surface area contributed by atoms with Crippen molar-refractivity contribution < 1.29 is 23.9 Å². The number of ether oxygens (including phenoxy) is 2. The molecule has 4 rings (SSSR count). The van der Waals surface area contributed by atoms with Crippen molar-refractivity contribution >= 4 is 28.9 Å². The average Bonchev–Trinajstić information content (AvgIpc) is 3.25. The summed E-state index contributed by atoms with van der Waals surface area (Å²) in [4.78, 5) is 45.0. The molecule has 0 bridgehead atoms. The zero-order valence-corrected chi connectivity index (χ0v) is 24.2. The molecule has 2 aliphatic rings. The topological polar surface area (TPSA) is 101 Å². The molecule has 8 nitrogen and oxygen atoms in total. The van der Waals surface area contributed by atoms with Crippen LogP contribution in [0.5, 0.6) is 0 Å². The van der Waals surface area contributed by atoms with Crippen molar-refractivity contribution in [1.82, 2.24) is 15.2 Å². The number of para-hydroxylation sites is 1. The van der Waals surface area contributed by atoms with Crippen LogP contribution in [0.3, 0.4) is 0 Å². The summed E-state index contributed by atoms with van der Waals surface area (Å²) in [6, 6.07) is 7.21. The third-order valence-corrected chi connectivity index (χ3v) is 7.61. The molecule has 1 saturated carbocycles. The molecule has 1 aromatic carbocycles. The van der Waals surface area contributed by atoms with Crippen molar-refractivity contribution in [3.8, 4) is 0 Å². The second-order valence-corrected chi connectivity index (χ2v) is 12.5. The lowest BCUT2D eigenvalue weighted by molar-refractivity contribution is -0.151. The zero-order chi connectivity index (χ0) is 28.2. The third kappa shape index (κ3) is 7.55. The van der Waals surface area contributed by atoms with Crippen LogP contribution in [0, 0.1) is 5.92 Å². The maximum absolute atomic E-state index is 14.1. The Morgan fingerprint density at radius 3 is 2.51 bits per heavy atom. The van der Waals surface area contributed by atoms with Gasteiger partial charge in [-0.2, -0.15) is 0 Å². The Labute approximate surface area is 232 Å². The monoisotopic (exact) mass is 539 g/mol. The molecule has 1 aliphatic heterocycles. The van der Waals surface area contributed by atoms with E-state index in [0.717, 1.165) is 49.7 Å². The van der Waals surface area contributed by atoms with E-state index in [0.29, 0.717) is 12.5 Å². The Morgan fingerprint density at radius 1 is 1.10 bits per heavy atom. The Hall–Kier alpha value is -3.03. The van der Waals surface area contributed by atoms with E-state index >= 15 is 0 Å². The molecule has 8 heteroatoms. The van der Waals surface area contributed by atoms with Crippen LogP contribution in [0.1, 0.15) is 103 Å². The molecule has 214 valence electrons. The fraction of sp³-hybridized carbons (Fsp3) is 0.645. The van der Waals surface area contributed by atoms with Crippen molar-refractivity contribution in [1.29, 1.82) is 0 Å². The number of hydrogen-bond acceptors (Lipinski definition) is 5. The predicted octanol–water partition coefficient (Wildman–Crippen LogP) is 6.19. The Morgan fingerprint density at radius 2 is 1.82 bits per heavy atom. The molecule has 2 amide bonds. The number of rotatable bonds is 8. The van der Waals surface area contributed by atoms with Gasteiger partial charge in [0.2, 0.25) is 5.91 Å². The third-order valence-electron chi connectivity index (χ3n) is 7.61. The summed E-state index contributed by atoms with van der Waals surface area (Å²) in [7, 11) is 0. The molecule has 1 aromatic heterocycles. The van der Waals surface area contributed by atoms with E-state index in [-0.39, 0.29) is 36.9 Å². The predicted molar refractivity (Wildman–Crippen MR) is 151 cm³/mol. The standard InChI is InChI=1S/C31H45N3O5/c1-20(2)19-26-28-23(22-13-9-10-14-24(22)32-28)17-18-34(26)29(36)25(33-30(37)39-31(3,4)5)15-16-27(35)38-21-11-7-6-8-12-21/h9-10,13-14,20-21,25-26,32H,6-8,11-12,15-19H2,1-5H3,(H,33,37)/t25-,26?/m1/s1. The normalized spacial score (nSPS) is 19.0. The lowest BCUT2D eigenvalue weighted by Gasteiger charge is -2.39. The molecule has 2 atom stereocenters. The van der Waals surface area contributed by atoms with Gasteiger partial charge in [-0.3, -0.25) is 9.59 Å². The summed E-state index contributed by atoms with van der Waals surface area (Å²) in [6.07, 6.45) is 6.12. The molecule has 2 N–H and O–H groups in total. The molecule has 0 spiro atoms. The van der Waals surface area contributed by atoms with Gasteiger partial charge in [-0.05, 0) is 83.3 Å². The fourth-order valence-electron chi connectivity index (χ4n) is 5.87. The van der Waals surface area contributed by atoms with E-state index in [9.17, 15) is 14.4 Å². The first kappa shape index (κ1) is 29.0. The van der Waals surface area contributed by atoms with Gasteiger partial charge in [0.15, 0.2) is 0 Å². The van der Waals surface area contributed by atoms with Crippen LogP contribution in [-0.2, 0) is 25.5 Å². The SMILES string of the molecule is CC(C)CC1c2[nH]c3ccccc3c2CCN1C(=O)[C@@H](CCC(=O)OC1CCCCC1)NC(=O)OC(C)(C)C. The van der Waals surface area contributed by atoms with E-state index < -0.39 is 17.7 Å². The van der Waals surface area contributed by atoms with Crippen LogP contribution in [0.25, 0.3) is 10.9 Å². The molecule has 2 heterocycles. The minimum absolute atomic E-state index is 0.0443. The first-order valence-corrected chi connectivity index (χ1v) is 14.6. The molecule has 2 aromatic rings. The van der Waals surface area contributed by atoms with Crippen LogP contribution < -0.4 is 5.32 Å². The summed E-state index contributed by atoms with van der Waals surface area (Å²) in [6.45, 7) is 10.2. The number of nitrogens with zero attached hydrogens (tertiary/aromatic N) is 1. The number of aromatic nitrogens is 1. The van der Waals surface area contributed by atoms with Crippen LogP contribution in [0.15, 0.2) is 24.3 Å². The Balaban J connectivity index is 1.54. The van der Waals surface area contributed by atoms with Crippen LogP contribution in [0.2, 0.25) is 0 Å². The van der Waals surface area contributed by atoms with E-state index in [4.69, 9.17) is 9.47 Å². The minimum Gasteiger partial charge on any atom is -0.462 e. The number of hydrogen-bond donors (Lipinski definition) is 2. The number of benzene rings is 1. The van der Waals surface area contributed by atoms with Crippen molar-refractivity contribution in [3.63, 3.8) is 0 Å². The zero-order valence-electron chi connectivity index (χ0n) is 24.2. The number of carbonyl (C=O) groups excluding carboxylic acids is 3. The number of carbonyl (C=O) groups is 3. The van der Waals surface area contributed by atoms with Gasteiger partial charge < -0.3 is 24.7 Å². The number of alkyl carbamates (subject to hydrolysis) is 1. The van der Waals surface area contributed by atoms with E-state index in [2.05, 4.69) is 36.3 Å². The van der Waals surface area contributed by atoms with Gasteiger partial charge in [-0.15, -0.1) is 0 Å². The van der Waals surface area contributed by atoms with Crippen LogP contribution in [0.4, 0.5) is 4.79 Å². The number of amides is 2. The van der Waals surface area contributed by atoms with Crippen molar-refractivity contribution in [3.05, 3.63) is 35.5 Å². The molecule has 1 unspecified atom stereocenters. The quantitative estimate of drug-likeness (QED) is 0.390. The molecule has 39 heavy (non-hydrogen) atoms. The molecular formula is C31H45N3O5. The summed E-state index contributed by atoms with van der Waals surface area (Å²) in [5, 5.41) is 3.98. The summed E-state index contributed by atoms with van der Waals surface area (Å²) in [5.74, 6) is -0.160. The first-order valence-electron chi connectivity index (χ1n) is 14.6. The number of esters is 1. The van der Waals surface area contributed by atoms with Crippen molar-refractivity contribution in [2.75, 3.05) is 6.54 Å². The van der Waals surface area contributed by atoms with E-state index in [1.165, 1.54) is 17.4 Å². The second kappa shape index (κ2) is 12.4. The molecule has 0 saturated heterocycles. The van der Waals surface area contributed by atoms with Crippen molar-refractivity contribution in [2.24, 2.45) is 5.92 Å². The lowest BCUT2D eigenvalue weighted by atomic mass is 9.90. The maximum Gasteiger partial charge on any atom is 0.408 e. The summed E-state index contributed by atoms with van der Waals surface area (Å²) >= 11 is 0. The van der Waals surface area contributed by atoms with Gasteiger partial charge in [0.25, 0.3) is 0 Å². The fourth-order valence-corrected chi connectivity index (χ4v) is 5.87. The number of aromatic amines is 1. The largest absolute Gasteiger partial charge is 0.462 e.